The number of aryl methyl sites for hydroxylation is 2. The fraction of sp³-hybridized carbons (Fsp3) is 0.556. The van der Waals surface area contributed by atoms with Crippen molar-refractivity contribution in [2.75, 3.05) is 26.7 Å². The predicted octanol–water partition coefficient (Wildman–Crippen LogP) is 2.63. The zero-order valence-electron chi connectivity index (χ0n) is 15.0. The van der Waals surface area contributed by atoms with Gasteiger partial charge in [0, 0.05) is 19.5 Å². The Balaban J connectivity index is 0.000000412. The van der Waals surface area contributed by atoms with Gasteiger partial charge in [0.2, 0.25) is 5.91 Å². The third-order valence-corrected chi connectivity index (χ3v) is 4.24. The number of halogens is 3. The van der Waals surface area contributed by atoms with E-state index in [0.717, 1.165) is 32.5 Å². The van der Waals surface area contributed by atoms with Gasteiger partial charge in [0.15, 0.2) is 0 Å². The quantitative estimate of drug-likeness (QED) is 0.831. The molecular weight excluding hydrogens is 349 g/mol. The van der Waals surface area contributed by atoms with Crippen molar-refractivity contribution in [1.29, 1.82) is 0 Å². The third kappa shape index (κ3) is 7.43. The molecule has 2 rings (SSSR count). The SMILES string of the molecule is CNCC1CCN(C(=O)CCc2ccccc2C)C1.O=C(O)C(F)(F)F. The molecule has 1 aromatic carbocycles. The number of likely N-dealkylation sites (tertiary alicyclic amines) is 1. The number of rotatable bonds is 5. The Kier molecular flexibility index (Phi) is 8.57. The van der Waals surface area contributed by atoms with Gasteiger partial charge in [0.25, 0.3) is 0 Å². The van der Waals surface area contributed by atoms with Crippen molar-refractivity contribution in [3.63, 3.8) is 0 Å². The van der Waals surface area contributed by atoms with Crippen molar-refractivity contribution in [1.82, 2.24) is 10.2 Å². The van der Waals surface area contributed by atoms with Gasteiger partial charge in [-0.3, -0.25) is 4.79 Å². The lowest BCUT2D eigenvalue weighted by molar-refractivity contribution is -0.192. The van der Waals surface area contributed by atoms with E-state index >= 15 is 0 Å². The summed E-state index contributed by atoms with van der Waals surface area (Å²) in [6.45, 7) is 4.98. The normalized spacial score (nSPS) is 16.8. The predicted molar refractivity (Wildman–Crippen MR) is 91.8 cm³/mol. The summed E-state index contributed by atoms with van der Waals surface area (Å²) >= 11 is 0. The van der Waals surface area contributed by atoms with Gasteiger partial charge in [0.05, 0.1) is 0 Å². The summed E-state index contributed by atoms with van der Waals surface area (Å²) in [5.41, 5.74) is 2.58. The van der Waals surface area contributed by atoms with E-state index in [1.54, 1.807) is 0 Å². The Labute approximate surface area is 151 Å². The molecule has 1 unspecified atom stereocenters. The number of hydrogen-bond donors (Lipinski definition) is 2. The number of carbonyl (C=O) groups excluding carboxylic acids is 1. The van der Waals surface area contributed by atoms with E-state index in [1.807, 2.05) is 24.1 Å². The molecule has 1 atom stereocenters. The molecule has 0 bridgehead atoms. The van der Waals surface area contributed by atoms with E-state index in [0.29, 0.717) is 18.2 Å². The van der Waals surface area contributed by atoms with Crippen LogP contribution < -0.4 is 5.32 Å². The Morgan fingerprint density at radius 1 is 1.31 bits per heavy atom. The number of hydrogen-bond acceptors (Lipinski definition) is 3. The van der Waals surface area contributed by atoms with Crippen LogP contribution in [0.3, 0.4) is 0 Å². The van der Waals surface area contributed by atoms with Gasteiger partial charge in [-0.1, -0.05) is 24.3 Å². The molecule has 1 heterocycles. The van der Waals surface area contributed by atoms with Crippen LogP contribution in [-0.2, 0) is 16.0 Å². The van der Waals surface area contributed by atoms with Crippen molar-refractivity contribution < 1.29 is 27.9 Å². The highest BCUT2D eigenvalue weighted by atomic mass is 19.4. The third-order valence-electron chi connectivity index (χ3n) is 4.24. The van der Waals surface area contributed by atoms with E-state index in [1.165, 1.54) is 11.1 Å². The van der Waals surface area contributed by atoms with Gasteiger partial charge < -0.3 is 15.3 Å². The molecule has 0 aliphatic carbocycles. The lowest BCUT2D eigenvalue weighted by Gasteiger charge is -2.17. The topological polar surface area (TPSA) is 69.6 Å². The number of nitrogens with one attached hydrogen (secondary N) is 1. The summed E-state index contributed by atoms with van der Waals surface area (Å²) in [5.74, 6) is -1.82. The van der Waals surface area contributed by atoms with E-state index in [9.17, 15) is 18.0 Å². The van der Waals surface area contributed by atoms with Gasteiger partial charge in [0.1, 0.15) is 0 Å². The summed E-state index contributed by atoms with van der Waals surface area (Å²) in [4.78, 5) is 23.1. The van der Waals surface area contributed by atoms with E-state index in [2.05, 4.69) is 24.4 Å². The largest absolute Gasteiger partial charge is 0.490 e. The summed E-state index contributed by atoms with van der Waals surface area (Å²) in [7, 11) is 1.97. The molecule has 1 amide bonds. The molecule has 5 nitrogen and oxygen atoms in total. The maximum absolute atomic E-state index is 12.2. The summed E-state index contributed by atoms with van der Waals surface area (Å²) < 4.78 is 31.7. The Morgan fingerprint density at radius 2 is 1.92 bits per heavy atom. The van der Waals surface area contributed by atoms with Crippen LogP contribution in [0.4, 0.5) is 13.2 Å². The van der Waals surface area contributed by atoms with E-state index < -0.39 is 12.1 Å². The fourth-order valence-corrected chi connectivity index (χ4v) is 2.80. The second-order valence-corrected chi connectivity index (χ2v) is 6.28. The Hall–Kier alpha value is -2.09. The summed E-state index contributed by atoms with van der Waals surface area (Å²) in [5, 5.41) is 10.3. The molecule has 2 N–H and O–H groups in total. The highest BCUT2D eigenvalue weighted by Gasteiger charge is 2.38. The second kappa shape index (κ2) is 10.2. The minimum Gasteiger partial charge on any atom is -0.475 e. The standard InChI is InChI=1S/C16H24N2O.C2HF3O2/c1-13-5-3-4-6-15(13)7-8-16(19)18-10-9-14(12-18)11-17-2;3-2(4,5)1(6)7/h3-6,14,17H,7-12H2,1-2H3;(H,6,7). The lowest BCUT2D eigenvalue weighted by Crippen LogP contribution is -2.30. The van der Waals surface area contributed by atoms with Crippen LogP contribution in [0.25, 0.3) is 0 Å². The lowest BCUT2D eigenvalue weighted by atomic mass is 10.0. The van der Waals surface area contributed by atoms with Crippen LogP contribution in [0.2, 0.25) is 0 Å². The molecule has 1 aliphatic heterocycles. The number of amides is 1. The van der Waals surface area contributed by atoms with Crippen LogP contribution in [0.15, 0.2) is 24.3 Å². The van der Waals surface area contributed by atoms with Crippen molar-refractivity contribution in [3.05, 3.63) is 35.4 Å². The van der Waals surface area contributed by atoms with Gasteiger partial charge in [-0.05, 0) is 50.4 Å². The van der Waals surface area contributed by atoms with Gasteiger partial charge in [-0.15, -0.1) is 0 Å². The maximum Gasteiger partial charge on any atom is 0.490 e. The fourth-order valence-electron chi connectivity index (χ4n) is 2.80. The average Bonchev–Trinajstić information content (AvgIpc) is 3.03. The van der Waals surface area contributed by atoms with Crippen LogP contribution in [0, 0.1) is 12.8 Å². The number of benzene rings is 1. The van der Waals surface area contributed by atoms with Crippen LogP contribution in [0.1, 0.15) is 24.0 Å². The zero-order valence-corrected chi connectivity index (χ0v) is 15.0. The number of alkyl halides is 3. The number of carbonyl (C=O) groups is 2. The summed E-state index contributed by atoms with van der Waals surface area (Å²) in [6.07, 6.45) is -2.45. The minimum atomic E-state index is -5.08. The molecule has 8 heteroatoms. The van der Waals surface area contributed by atoms with Crippen LogP contribution in [0.5, 0.6) is 0 Å². The Morgan fingerprint density at radius 3 is 2.46 bits per heavy atom. The maximum atomic E-state index is 12.2. The first-order chi connectivity index (χ1) is 12.1. The highest BCUT2D eigenvalue weighted by Crippen LogP contribution is 2.17. The molecule has 0 saturated carbocycles. The van der Waals surface area contributed by atoms with Crippen molar-refractivity contribution >= 4 is 11.9 Å². The summed E-state index contributed by atoms with van der Waals surface area (Å²) in [6, 6.07) is 8.32. The average molecular weight is 374 g/mol. The molecule has 1 fully saturated rings. The van der Waals surface area contributed by atoms with Gasteiger partial charge in [-0.25, -0.2) is 4.79 Å². The van der Waals surface area contributed by atoms with Crippen molar-refractivity contribution in [2.45, 2.75) is 32.4 Å². The van der Waals surface area contributed by atoms with Crippen LogP contribution >= 0.6 is 0 Å². The second-order valence-electron chi connectivity index (χ2n) is 6.28. The molecule has 1 aliphatic rings. The molecule has 0 spiro atoms. The number of aliphatic carboxylic acids is 1. The first-order valence-corrected chi connectivity index (χ1v) is 8.42. The highest BCUT2D eigenvalue weighted by molar-refractivity contribution is 5.76. The number of nitrogens with zero attached hydrogens (tertiary/aromatic N) is 1. The molecule has 26 heavy (non-hydrogen) atoms. The minimum absolute atomic E-state index is 0.307. The molecule has 0 aromatic heterocycles. The van der Waals surface area contributed by atoms with Crippen molar-refractivity contribution in [2.24, 2.45) is 5.92 Å². The molecule has 0 radical (unpaired) electrons. The zero-order chi connectivity index (χ0) is 19.7. The van der Waals surface area contributed by atoms with E-state index in [4.69, 9.17) is 9.90 Å². The Bertz CT molecular complexity index is 606. The molecule has 146 valence electrons. The molecular formula is C18H25F3N2O3. The smallest absolute Gasteiger partial charge is 0.475 e. The molecule has 1 saturated heterocycles. The first-order valence-electron chi connectivity index (χ1n) is 8.42. The monoisotopic (exact) mass is 374 g/mol. The first kappa shape index (κ1) is 22.0. The van der Waals surface area contributed by atoms with Crippen LogP contribution in [-0.4, -0.2) is 54.7 Å². The number of carboxylic acids is 1. The number of carboxylic acid groups (broad SMARTS) is 1. The van der Waals surface area contributed by atoms with Gasteiger partial charge >= 0.3 is 12.1 Å². The molecule has 1 aromatic rings. The van der Waals surface area contributed by atoms with Crippen molar-refractivity contribution in [3.8, 4) is 0 Å². The van der Waals surface area contributed by atoms with Gasteiger partial charge in [-0.2, -0.15) is 13.2 Å². The van der Waals surface area contributed by atoms with E-state index in [-0.39, 0.29) is 0 Å².